The van der Waals surface area contributed by atoms with Crippen LogP contribution in [-0.2, 0) is 112 Å². The lowest BCUT2D eigenvalue weighted by Crippen LogP contribution is -2.47. The molecule has 12 heterocycles. The van der Waals surface area contributed by atoms with Gasteiger partial charge in [-0.3, -0.25) is 0 Å². The first-order valence-corrected chi connectivity index (χ1v) is 56.2. The summed E-state index contributed by atoms with van der Waals surface area (Å²) >= 11 is 9.25. The quantitative estimate of drug-likeness (QED) is 0.0811. The Balaban J connectivity index is 0.000000121. The minimum absolute atomic E-state index is 0.239. The third-order valence-electron chi connectivity index (χ3n) is 25.8. The van der Waals surface area contributed by atoms with E-state index >= 15 is 0 Å². The molecule has 0 unspecified atom stereocenters. The van der Waals surface area contributed by atoms with E-state index in [1.54, 1.807) is 115 Å². The van der Waals surface area contributed by atoms with Crippen molar-refractivity contribution in [3.8, 4) is 17.2 Å². The van der Waals surface area contributed by atoms with Crippen molar-refractivity contribution in [1.82, 2.24) is 35.6 Å². The molecule has 0 saturated carbocycles. The van der Waals surface area contributed by atoms with Gasteiger partial charge in [0.25, 0.3) is 40.1 Å². The van der Waals surface area contributed by atoms with Gasteiger partial charge in [0.2, 0.25) is 20.0 Å². The van der Waals surface area contributed by atoms with Gasteiger partial charge in [-0.1, -0.05) is 167 Å². The maximum absolute atomic E-state index is 13.1. The summed E-state index contributed by atoms with van der Waals surface area (Å²) in [6, 6.07) is 70.9. The zero-order valence-electron chi connectivity index (χ0n) is 79.8. The van der Waals surface area contributed by atoms with Crippen molar-refractivity contribution in [2.24, 2.45) is 0 Å². The maximum atomic E-state index is 13.1. The van der Waals surface area contributed by atoms with Gasteiger partial charge in [-0.15, -0.1) is 0 Å². The van der Waals surface area contributed by atoms with Crippen LogP contribution in [0.15, 0.2) is 338 Å². The van der Waals surface area contributed by atoms with Crippen LogP contribution in [0.5, 0.6) is 17.2 Å². The molecule has 6 aliphatic rings. The van der Waals surface area contributed by atoms with Crippen LogP contribution >= 0.6 is 27.5 Å². The molecule has 2 saturated heterocycles. The number of likely N-dealkylation sites (N-methyl/N-ethyl adjacent to an activating group) is 2. The topological polar surface area (TPSA) is 440 Å². The van der Waals surface area contributed by atoms with Crippen molar-refractivity contribution >= 4 is 153 Å². The highest BCUT2D eigenvalue weighted by Crippen LogP contribution is 2.36. The lowest BCUT2D eigenvalue weighted by molar-refractivity contribution is 0.222. The molecule has 16 aromatic rings. The Morgan fingerprint density at radius 3 is 0.952 bits per heavy atom. The normalized spacial score (nSPS) is 15.9. The lowest BCUT2D eigenvalue weighted by atomic mass is 10.0. The molecule has 2 fully saturated rings. The van der Waals surface area contributed by atoms with Gasteiger partial charge in [0.1, 0.15) is 28.1 Å². The molecule has 35 nitrogen and oxygen atoms in total. The zero-order valence-corrected chi connectivity index (χ0v) is 87.1. The summed E-state index contributed by atoms with van der Waals surface area (Å²) in [5.41, 5.74) is 5.14. The molecule has 10 aromatic carbocycles. The van der Waals surface area contributed by atoms with Gasteiger partial charge in [-0.25, -0.2) is 79.3 Å². The van der Waals surface area contributed by atoms with Gasteiger partial charge in [-0.2, -0.15) is 25.8 Å². The highest BCUT2D eigenvalue weighted by molar-refractivity contribution is 9.10. The second-order valence-corrected chi connectivity index (χ2v) is 47.8. The number of benzene rings is 10. The van der Waals surface area contributed by atoms with Crippen LogP contribution in [0, 0.1) is 0 Å². The van der Waals surface area contributed by atoms with Crippen LogP contribution in [0.1, 0.15) is 51.4 Å². The minimum atomic E-state index is -3.97. The number of fused-ring (bicyclic) bond motifs is 10. The predicted octanol–water partition coefficient (Wildman–Crippen LogP) is 13.4. The van der Waals surface area contributed by atoms with E-state index in [2.05, 4.69) is 15.9 Å². The first-order chi connectivity index (χ1) is 70.3. The summed E-state index contributed by atoms with van der Waals surface area (Å²) in [5.74, 6) is 1.37. The van der Waals surface area contributed by atoms with E-state index in [4.69, 9.17) is 52.3 Å². The minimum Gasteiger partial charge on any atom is -0.497 e. The molecule has 0 spiro atoms. The molecule has 0 atom stereocenters. The molecular weight excluding hydrogens is 2100 g/mol. The van der Waals surface area contributed by atoms with Crippen LogP contribution < -0.4 is 48.0 Å². The maximum Gasteiger partial charge on any atom is 0.356 e. The highest BCUT2D eigenvalue weighted by atomic mass is 79.9. The van der Waals surface area contributed by atoms with Gasteiger partial charge in [0.05, 0.1) is 20.8 Å². The Morgan fingerprint density at radius 1 is 0.286 bits per heavy atom. The van der Waals surface area contributed by atoms with Crippen molar-refractivity contribution in [3.63, 3.8) is 0 Å². The molecule has 0 amide bonds. The average molecular weight is 2200 g/mol. The number of hydrogen-bond acceptors (Lipinski definition) is 29. The van der Waals surface area contributed by atoms with E-state index in [1.165, 1.54) is 76.4 Å². The van der Waals surface area contributed by atoms with E-state index in [9.17, 15) is 79.3 Å². The highest BCUT2D eigenvalue weighted by Gasteiger charge is 2.39. The number of para-hydroxylation sites is 3. The predicted molar refractivity (Wildman–Crippen MR) is 555 cm³/mol. The molecule has 0 aliphatic carbocycles. The molecule has 0 N–H and O–H groups in total. The van der Waals surface area contributed by atoms with Crippen LogP contribution in [0.2, 0.25) is 5.02 Å². The third-order valence-corrected chi connectivity index (χ3v) is 37.6. The molecule has 0 bridgehead atoms. The number of rotatable bonds is 16. The monoisotopic (exact) mass is 2200 g/mol. The van der Waals surface area contributed by atoms with E-state index in [-0.39, 0.29) is 66.7 Å². The van der Waals surface area contributed by atoms with Crippen molar-refractivity contribution in [2.45, 2.75) is 88.2 Å². The lowest BCUT2D eigenvalue weighted by Gasteiger charge is -2.31. The molecule has 6 aliphatic heterocycles. The number of hydrogen-bond donors (Lipinski definition) is 0. The smallest absolute Gasteiger partial charge is 0.356 e. The van der Waals surface area contributed by atoms with Gasteiger partial charge >= 0.3 is 33.8 Å². The van der Waals surface area contributed by atoms with Crippen molar-refractivity contribution < 1.29 is 91.2 Å². The zero-order chi connectivity index (χ0) is 104. The molecule has 147 heavy (non-hydrogen) atoms. The number of sulfonamides is 6. The van der Waals surface area contributed by atoms with Crippen LogP contribution in [0.25, 0.3) is 65.8 Å². The summed E-state index contributed by atoms with van der Waals surface area (Å²) in [4.78, 5) is 75.6. The number of halogens is 2. The Hall–Kier alpha value is -13.0. The fourth-order valence-electron chi connectivity index (χ4n) is 17.7. The molecule has 43 heteroatoms. The van der Waals surface area contributed by atoms with E-state index < -0.39 is 93.9 Å². The molecular formula is C104H98BrClN8O27S6. The van der Waals surface area contributed by atoms with Crippen LogP contribution in [0.4, 0.5) is 0 Å². The second kappa shape index (κ2) is 44.2. The third kappa shape index (κ3) is 22.9. The first-order valence-electron chi connectivity index (χ1n) is 46.4. The second-order valence-electron chi connectivity index (χ2n) is 35.0. The molecule has 6 aromatic heterocycles. The van der Waals surface area contributed by atoms with Crippen LogP contribution in [-0.4, -0.2) is 200 Å². The first kappa shape index (κ1) is 105. The Labute approximate surface area is 857 Å². The summed E-state index contributed by atoms with van der Waals surface area (Å²) in [7, 11) is -16.6. The Bertz CT molecular complexity index is 8950. The van der Waals surface area contributed by atoms with E-state index in [0.717, 1.165) is 49.0 Å². The Kier molecular flexibility index (Phi) is 31.7. The Morgan fingerprint density at radius 2 is 0.578 bits per heavy atom. The van der Waals surface area contributed by atoms with Gasteiger partial charge < -0.3 is 50.5 Å². The summed E-state index contributed by atoms with van der Waals surface area (Å²) < 4.78 is 211. The summed E-state index contributed by atoms with van der Waals surface area (Å²) in [6.07, 6.45) is 2.49. The average Bonchev–Trinajstić information content (AvgIpc) is 0.774. The SMILES string of the molecule is CCOc1cccc2cc(S(=O)(=O)N3CCc4ccccc4C3)c(=O)oc12.CN1CCN(S(=O)(=O)c2cc3cc(Cl)ccc3oc2=O)CC1.COc1ccc2oc(=O)c(S(=O)(=O)N3CCN(C)CC3)cc2c1.COc1cccc2cc(S(=O)(=O)N3CCc4ccccc4C3)c(=O)oc12.O=c1oc2ccc(Br)cc2cc1S(=O)(=O)N1CCc2ccccc2C1.O=c1oc2ccccc2cc1S(=O)(=O)N1CCc2ccccc2C1. The van der Waals surface area contributed by atoms with Crippen LogP contribution in [0.3, 0.4) is 0 Å². The van der Waals surface area contributed by atoms with Crippen molar-refractivity contribution in [3.05, 3.63) is 365 Å². The number of ether oxygens (including phenoxy) is 3. The largest absolute Gasteiger partial charge is 0.497 e. The summed E-state index contributed by atoms with van der Waals surface area (Å²) in [5, 5.41) is 3.61. The van der Waals surface area contributed by atoms with Gasteiger partial charge in [0.15, 0.2) is 52.0 Å². The number of nitrogens with zero attached hydrogens (tertiary/aromatic N) is 8. The molecule has 0 radical (unpaired) electrons. The van der Waals surface area contributed by atoms with Gasteiger partial charge in [0, 0.05) is 147 Å². The number of methoxy groups -OCH3 is 2. The van der Waals surface area contributed by atoms with Crippen molar-refractivity contribution in [1.29, 1.82) is 0 Å². The van der Waals surface area contributed by atoms with E-state index in [1.807, 2.05) is 128 Å². The molecule has 766 valence electrons. The van der Waals surface area contributed by atoms with E-state index in [0.29, 0.717) is 188 Å². The van der Waals surface area contributed by atoms with Crippen molar-refractivity contribution in [2.75, 3.05) is 113 Å². The summed E-state index contributed by atoms with van der Waals surface area (Å²) in [6.45, 7) is 8.54. The fourth-order valence-corrected chi connectivity index (χ4v) is 26.9. The van der Waals surface area contributed by atoms with Gasteiger partial charge in [-0.05, 0) is 200 Å². The standard InChI is InChI=1S/C20H19NO5S.C19H17NO5S.C18H14BrNO4S.C18H15NO4S.C15H18N2O5S.C14H15ClN2O4S/c1-2-25-17-9-5-8-15-12-18(20(22)26-19(15)17)27(23,24)21-11-10-14-6-3-4-7-16(14)13-21;1-24-16-8-4-7-14-11-17(19(21)25-18(14)16)26(22,23)20-10-9-13-5-2-3-6-15(13)12-20;19-15-5-6-16-14(9-15)10-17(18(21)24-16)25(22,23)20-8-7-12-3-1-2-4-13(12)11-20;20-18-17(11-14-6-3-4-8-16(14)23-18)24(21,22)19-10-9-13-5-1-2-7-15(13)12-19;1-16-5-7-17(8-6-16)23(19,20)14-10-11-9-12(21-2)3-4-13(11)22-15(14)18;1-16-4-6-17(7-5-16)22(19,20)13-9-10-8-11(15)2-3-12(10)21-14(13)18/h3-9,12H,2,10-11,13H2,1H3;2-8,11H,9-10,12H2,1H3;1-6,9-10H,7-8,11H2;1-8,11H,9-10,12H2;3-4,9-10H,5-8H2,1-2H3;2-3,8-9H,4-7H2,1H3. The molecule has 22 rings (SSSR count). The fraction of sp³-hybridized carbons (Fsp3) is 0.250. The number of piperazine rings is 2.